The van der Waals surface area contributed by atoms with Crippen LogP contribution >= 0.6 is 0 Å². The summed E-state index contributed by atoms with van der Waals surface area (Å²) in [5, 5.41) is 3.37. The molecule has 1 N–H and O–H groups in total. The van der Waals surface area contributed by atoms with Crippen LogP contribution in [0.15, 0.2) is 49.1 Å². The zero-order chi connectivity index (χ0) is 15.1. The Balaban J connectivity index is 2.44. The summed E-state index contributed by atoms with van der Waals surface area (Å²) in [7, 11) is 1.42. The summed E-state index contributed by atoms with van der Waals surface area (Å²) in [5.74, 6) is -0.296. The number of benzene rings is 1. The highest BCUT2D eigenvalue weighted by Crippen LogP contribution is 2.25. The van der Waals surface area contributed by atoms with E-state index in [-0.39, 0.29) is 5.97 Å². The summed E-state index contributed by atoms with van der Waals surface area (Å²) in [6.45, 7) is 3.22. The van der Waals surface area contributed by atoms with Crippen molar-refractivity contribution in [2.75, 3.05) is 13.7 Å². The predicted molar refractivity (Wildman–Crippen MR) is 80.7 cm³/mol. The fourth-order valence-electron chi connectivity index (χ4n) is 2.39. The fourth-order valence-corrected chi connectivity index (χ4v) is 2.39. The van der Waals surface area contributed by atoms with Crippen molar-refractivity contribution in [3.05, 3.63) is 54.6 Å². The third-order valence-electron chi connectivity index (χ3n) is 3.46. The summed E-state index contributed by atoms with van der Waals surface area (Å²) >= 11 is 0. The number of carbonyl (C=O) groups excluding carboxylic acids is 1. The fraction of sp³-hybridized carbons (Fsp3) is 0.375. The second-order valence-electron chi connectivity index (χ2n) is 4.92. The quantitative estimate of drug-likeness (QED) is 0.791. The Morgan fingerprint density at radius 1 is 1.38 bits per heavy atom. The van der Waals surface area contributed by atoms with Crippen LogP contribution in [0.2, 0.25) is 0 Å². The molecule has 2 rings (SSSR count). The van der Waals surface area contributed by atoms with E-state index in [1.807, 2.05) is 41.1 Å². The molecule has 0 saturated carbocycles. The minimum atomic E-state index is -0.910. The third-order valence-corrected chi connectivity index (χ3v) is 3.46. The number of rotatable bonds is 7. The number of nitrogens with zero attached hydrogens (tertiary/aromatic N) is 2. The van der Waals surface area contributed by atoms with Crippen molar-refractivity contribution in [3.63, 3.8) is 0 Å². The SMILES string of the molecule is CCCNC(Cn1ccnc1)(C(=O)OC)c1ccccc1. The molecule has 0 amide bonds. The number of methoxy groups -OCH3 is 1. The van der Waals surface area contributed by atoms with E-state index in [4.69, 9.17) is 4.74 Å². The molecule has 1 unspecified atom stereocenters. The topological polar surface area (TPSA) is 56.2 Å². The van der Waals surface area contributed by atoms with Crippen LogP contribution in [-0.2, 0) is 21.6 Å². The van der Waals surface area contributed by atoms with Crippen LogP contribution in [0.4, 0.5) is 0 Å². The Hall–Kier alpha value is -2.14. The van der Waals surface area contributed by atoms with Gasteiger partial charge in [-0.1, -0.05) is 37.3 Å². The van der Waals surface area contributed by atoms with Crippen LogP contribution in [0, 0.1) is 0 Å². The van der Waals surface area contributed by atoms with Gasteiger partial charge in [-0.25, -0.2) is 9.78 Å². The first kappa shape index (κ1) is 15.3. The van der Waals surface area contributed by atoms with Gasteiger partial charge in [0.1, 0.15) is 0 Å². The van der Waals surface area contributed by atoms with Gasteiger partial charge in [0.2, 0.25) is 0 Å². The number of hydrogen-bond acceptors (Lipinski definition) is 4. The number of esters is 1. The normalized spacial score (nSPS) is 13.6. The molecule has 0 aliphatic carbocycles. The Morgan fingerprint density at radius 2 is 2.14 bits per heavy atom. The van der Waals surface area contributed by atoms with Gasteiger partial charge in [-0.15, -0.1) is 0 Å². The van der Waals surface area contributed by atoms with E-state index in [1.54, 1.807) is 12.5 Å². The van der Waals surface area contributed by atoms with Crippen LogP contribution in [-0.4, -0.2) is 29.2 Å². The van der Waals surface area contributed by atoms with Crippen LogP contribution in [0.1, 0.15) is 18.9 Å². The molecule has 0 bridgehead atoms. The first-order chi connectivity index (χ1) is 10.2. The van der Waals surface area contributed by atoms with Crippen LogP contribution in [0.25, 0.3) is 0 Å². The molecule has 2 aromatic rings. The molecule has 5 nitrogen and oxygen atoms in total. The minimum Gasteiger partial charge on any atom is -0.467 e. The van der Waals surface area contributed by atoms with Crippen molar-refractivity contribution >= 4 is 5.97 Å². The molecule has 0 aliphatic rings. The summed E-state index contributed by atoms with van der Waals surface area (Å²) < 4.78 is 6.96. The van der Waals surface area contributed by atoms with Gasteiger partial charge in [-0.2, -0.15) is 0 Å². The van der Waals surface area contributed by atoms with Gasteiger partial charge >= 0.3 is 5.97 Å². The molecule has 1 aromatic carbocycles. The molecule has 0 spiro atoms. The number of ether oxygens (including phenoxy) is 1. The molecule has 112 valence electrons. The Bertz CT molecular complexity index is 554. The van der Waals surface area contributed by atoms with Crippen molar-refractivity contribution in [1.82, 2.24) is 14.9 Å². The first-order valence-electron chi connectivity index (χ1n) is 7.07. The number of imidazole rings is 1. The lowest BCUT2D eigenvalue weighted by Crippen LogP contribution is -2.53. The molecule has 0 fully saturated rings. The maximum atomic E-state index is 12.5. The Morgan fingerprint density at radius 3 is 2.71 bits per heavy atom. The monoisotopic (exact) mass is 287 g/mol. The van der Waals surface area contributed by atoms with Crippen LogP contribution in [0.3, 0.4) is 0 Å². The van der Waals surface area contributed by atoms with E-state index in [0.717, 1.165) is 18.5 Å². The van der Waals surface area contributed by atoms with Crippen molar-refractivity contribution in [2.45, 2.75) is 25.4 Å². The van der Waals surface area contributed by atoms with Gasteiger partial charge in [0.15, 0.2) is 5.54 Å². The molecule has 1 aromatic heterocycles. The molecular formula is C16H21N3O2. The largest absolute Gasteiger partial charge is 0.467 e. The van der Waals surface area contributed by atoms with Gasteiger partial charge in [0.05, 0.1) is 20.0 Å². The van der Waals surface area contributed by atoms with Crippen molar-refractivity contribution in [1.29, 1.82) is 0 Å². The lowest BCUT2D eigenvalue weighted by Gasteiger charge is -2.33. The maximum Gasteiger partial charge on any atom is 0.332 e. The predicted octanol–water partition coefficient (Wildman–Crippen LogP) is 1.95. The summed E-state index contributed by atoms with van der Waals surface area (Å²) in [6, 6.07) is 9.67. The summed E-state index contributed by atoms with van der Waals surface area (Å²) in [5.41, 5.74) is -0.0220. The van der Waals surface area contributed by atoms with E-state index >= 15 is 0 Å². The van der Waals surface area contributed by atoms with Gasteiger partial charge < -0.3 is 9.30 Å². The number of hydrogen-bond donors (Lipinski definition) is 1. The Kier molecular flexibility index (Phi) is 5.11. The van der Waals surface area contributed by atoms with Gasteiger partial charge in [0, 0.05) is 12.4 Å². The second kappa shape index (κ2) is 7.04. The average Bonchev–Trinajstić information content (AvgIpc) is 3.04. The molecule has 0 saturated heterocycles. The molecular weight excluding hydrogens is 266 g/mol. The van der Waals surface area contributed by atoms with Crippen molar-refractivity contribution in [3.8, 4) is 0 Å². The van der Waals surface area contributed by atoms with E-state index in [1.165, 1.54) is 7.11 Å². The highest BCUT2D eigenvalue weighted by molar-refractivity contribution is 5.82. The summed E-state index contributed by atoms with van der Waals surface area (Å²) in [6.07, 6.45) is 6.17. The van der Waals surface area contributed by atoms with E-state index in [0.29, 0.717) is 6.54 Å². The molecule has 21 heavy (non-hydrogen) atoms. The molecule has 1 heterocycles. The van der Waals surface area contributed by atoms with Crippen LogP contribution < -0.4 is 5.32 Å². The average molecular weight is 287 g/mol. The molecule has 0 aliphatic heterocycles. The van der Waals surface area contributed by atoms with Crippen LogP contribution in [0.5, 0.6) is 0 Å². The van der Waals surface area contributed by atoms with E-state index < -0.39 is 5.54 Å². The van der Waals surface area contributed by atoms with E-state index in [2.05, 4.69) is 17.2 Å². The first-order valence-corrected chi connectivity index (χ1v) is 7.07. The molecule has 1 atom stereocenters. The van der Waals surface area contributed by atoms with Crippen molar-refractivity contribution < 1.29 is 9.53 Å². The standard InChI is InChI=1S/C16H21N3O2/c1-3-9-18-16(15(20)21-2,12-19-11-10-17-13-19)14-7-5-4-6-8-14/h4-8,10-11,13,18H,3,9,12H2,1-2H3. The highest BCUT2D eigenvalue weighted by Gasteiger charge is 2.41. The lowest BCUT2D eigenvalue weighted by atomic mass is 9.89. The van der Waals surface area contributed by atoms with Gasteiger partial charge in [-0.05, 0) is 18.5 Å². The second-order valence-corrected chi connectivity index (χ2v) is 4.92. The molecule has 0 radical (unpaired) electrons. The third kappa shape index (κ3) is 3.31. The molecule has 5 heteroatoms. The maximum absolute atomic E-state index is 12.5. The summed E-state index contributed by atoms with van der Waals surface area (Å²) in [4.78, 5) is 16.6. The number of aromatic nitrogens is 2. The Labute approximate surface area is 125 Å². The minimum absolute atomic E-state index is 0.296. The lowest BCUT2D eigenvalue weighted by molar-refractivity contribution is -0.150. The smallest absolute Gasteiger partial charge is 0.332 e. The van der Waals surface area contributed by atoms with Crippen molar-refractivity contribution in [2.24, 2.45) is 0 Å². The zero-order valence-electron chi connectivity index (χ0n) is 12.5. The van der Waals surface area contributed by atoms with Gasteiger partial charge in [0.25, 0.3) is 0 Å². The zero-order valence-corrected chi connectivity index (χ0v) is 12.5. The van der Waals surface area contributed by atoms with E-state index in [9.17, 15) is 4.79 Å². The highest BCUT2D eigenvalue weighted by atomic mass is 16.5. The number of nitrogens with one attached hydrogen (secondary N) is 1. The van der Waals surface area contributed by atoms with Gasteiger partial charge in [-0.3, -0.25) is 5.32 Å². The number of carbonyl (C=O) groups is 1.